The predicted molar refractivity (Wildman–Crippen MR) is 74.6 cm³/mol. The van der Waals surface area contributed by atoms with E-state index in [1.54, 1.807) is 12.5 Å². The lowest BCUT2D eigenvalue weighted by Crippen LogP contribution is -2.23. The van der Waals surface area contributed by atoms with E-state index >= 15 is 0 Å². The average molecular weight is 295 g/mol. The van der Waals surface area contributed by atoms with Gasteiger partial charge in [0.15, 0.2) is 0 Å². The van der Waals surface area contributed by atoms with Gasteiger partial charge in [0, 0.05) is 18.8 Å². The van der Waals surface area contributed by atoms with E-state index in [0.717, 1.165) is 16.3 Å². The monoisotopic (exact) mass is 294 g/mol. The van der Waals surface area contributed by atoms with Crippen molar-refractivity contribution in [3.63, 3.8) is 0 Å². The number of halogens is 1. The normalized spacial score (nSPS) is 18.7. The molecule has 0 fully saturated rings. The Labute approximate surface area is 118 Å². The Kier molecular flexibility index (Phi) is 3.12. The van der Waals surface area contributed by atoms with E-state index in [-0.39, 0.29) is 11.8 Å². The van der Waals surface area contributed by atoms with Crippen LogP contribution >= 0.6 is 22.9 Å². The first-order valence-electron chi connectivity index (χ1n) is 5.75. The average Bonchev–Trinajstić information content (AvgIpc) is 3.07. The van der Waals surface area contributed by atoms with Gasteiger partial charge in [-0.3, -0.25) is 4.79 Å². The van der Waals surface area contributed by atoms with E-state index in [1.165, 1.54) is 23.3 Å². The summed E-state index contributed by atoms with van der Waals surface area (Å²) in [4.78, 5) is 19.6. The molecule has 0 saturated heterocycles. The van der Waals surface area contributed by atoms with Crippen molar-refractivity contribution in [3.05, 3.63) is 39.6 Å². The highest BCUT2D eigenvalue weighted by atomic mass is 35.5. The zero-order valence-corrected chi connectivity index (χ0v) is 11.7. The summed E-state index contributed by atoms with van der Waals surface area (Å²) in [5.74, 6) is -0.0525. The molecule has 0 spiro atoms. The number of amides is 1. The van der Waals surface area contributed by atoms with Gasteiger partial charge in [-0.05, 0) is 12.1 Å². The quantitative estimate of drug-likeness (QED) is 0.925. The molecule has 1 amide bonds. The number of hydrazone groups is 1. The second-order valence-electron chi connectivity index (χ2n) is 4.25. The second kappa shape index (κ2) is 4.79. The largest absolute Gasteiger partial charge is 0.348 e. The Morgan fingerprint density at radius 1 is 1.58 bits per heavy atom. The lowest BCUT2D eigenvalue weighted by atomic mass is 10.00. The number of nitrogens with zero attached hydrogens (tertiary/aromatic N) is 3. The first-order chi connectivity index (χ1) is 9.15. The molecule has 0 aromatic carbocycles. The molecule has 0 radical (unpaired) electrons. The molecule has 0 bridgehead atoms. The van der Waals surface area contributed by atoms with Gasteiger partial charge in [0.25, 0.3) is 0 Å². The lowest BCUT2D eigenvalue weighted by molar-refractivity contribution is -0.128. The van der Waals surface area contributed by atoms with Crippen LogP contribution in [-0.4, -0.2) is 33.1 Å². The fourth-order valence-corrected chi connectivity index (χ4v) is 3.16. The number of carbonyl (C=O) groups excluding carboxylic acids is 1. The zero-order valence-electron chi connectivity index (χ0n) is 10.1. The fraction of sp³-hybridized carbons (Fsp3) is 0.250. The van der Waals surface area contributed by atoms with E-state index in [9.17, 15) is 4.79 Å². The van der Waals surface area contributed by atoms with Crippen LogP contribution in [0.15, 0.2) is 29.8 Å². The van der Waals surface area contributed by atoms with Crippen LogP contribution in [0.25, 0.3) is 0 Å². The summed E-state index contributed by atoms with van der Waals surface area (Å²) in [6.07, 6.45) is 3.39. The molecule has 0 saturated carbocycles. The third kappa shape index (κ3) is 2.29. The van der Waals surface area contributed by atoms with Crippen molar-refractivity contribution in [2.75, 3.05) is 6.54 Å². The molecule has 1 atom stereocenters. The van der Waals surface area contributed by atoms with Crippen LogP contribution in [0, 0.1) is 0 Å². The van der Waals surface area contributed by atoms with E-state index in [1.807, 2.05) is 12.1 Å². The molecule has 1 N–H and O–H groups in total. The molecule has 7 heteroatoms. The fourth-order valence-electron chi connectivity index (χ4n) is 2.07. The molecule has 1 aliphatic heterocycles. The highest BCUT2D eigenvalue weighted by molar-refractivity contribution is 7.18. The number of H-pyrrole nitrogens is 1. The first kappa shape index (κ1) is 12.4. The van der Waals surface area contributed by atoms with Crippen LogP contribution in [0.2, 0.25) is 4.34 Å². The Morgan fingerprint density at radius 3 is 3.00 bits per heavy atom. The van der Waals surface area contributed by atoms with Crippen LogP contribution < -0.4 is 0 Å². The van der Waals surface area contributed by atoms with Crippen molar-refractivity contribution in [1.29, 1.82) is 0 Å². The number of aromatic nitrogens is 2. The maximum Gasteiger partial charge on any atom is 0.239 e. The molecule has 3 rings (SSSR count). The molecule has 1 aliphatic rings. The molecule has 2 aromatic heterocycles. The molecule has 5 nitrogen and oxygen atoms in total. The standard InChI is InChI=1S/C12H11ClN4OS/c1-7(18)17-5-8(9-4-14-6-15-9)12(16-17)10-2-3-11(13)19-10/h2-4,6,8H,5H2,1H3,(H,14,15). The maximum absolute atomic E-state index is 11.5. The Bertz CT molecular complexity index is 634. The van der Waals surface area contributed by atoms with E-state index in [4.69, 9.17) is 11.6 Å². The minimum absolute atomic E-state index is 0.0149. The minimum atomic E-state index is -0.0674. The summed E-state index contributed by atoms with van der Waals surface area (Å²) in [7, 11) is 0. The summed E-state index contributed by atoms with van der Waals surface area (Å²) in [5.41, 5.74) is 1.81. The summed E-state index contributed by atoms with van der Waals surface area (Å²) in [5, 5.41) is 5.89. The van der Waals surface area contributed by atoms with Crippen molar-refractivity contribution < 1.29 is 4.79 Å². The number of thiophene rings is 1. The molecule has 0 aliphatic carbocycles. The molecule has 19 heavy (non-hydrogen) atoms. The smallest absolute Gasteiger partial charge is 0.239 e. The van der Waals surface area contributed by atoms with Gasteiger partial charge in [-0.2, -0.15) is 5.10 Å². The molecule has 3 heterocycles. The van der Waals surface area contributed by atoms with Gasteiger partial charge in [-0.15, -0.1) is 11.3 Å². The van der Waals surface area contributed by atoms with Crippen molar-refractivity contribution in [2.24, 2.45) is 5.10 Å². The van der Waals surface area contributed by atoms with Crippen molar-refractivity contribution in [3.8, 4) is 0 Å². The molecular formula is C12H11ClN4OS. The summed E-state index contributed by atoms with van der Waals surface area (Å²) in [6.45, 7) is 2.04. The van der Waals surface area contributed by atoms with Gasteiger partial charge in [0.05, 0.1) is 33.7 Å². The third-order valence-corrected chi connectivity index (χ3v) is 4.25. The number of nitrogens with one attached hydrogen (secondary N) is 1. The highest BCUT2D eigenvalue weighted by Gasteiger charge is 2.32. The van der Waals surface area contributed by atoms with Crippen molar-refractivity contribution in [2.45, 2.75) is 12.8 Å². The number of hydrogen-bond acceptors (Lipinski definition) is 4. The van der Waals surface area contributed by atoms with E-state index < -0.39 is 0 Å². The van der Waals surface area contributed by atoms with Crippen LogP contribution in [0.3, 0.4) is 0 Å². The lowest BCUT2D eigenvalue weighted by Gasteiger charge is -2.11. The molecule has 1 unspecified atom stereocenters. The SMILES string of the molecule is CC(=O)N1CC(c2cnc[nH]2)C(c2ccc(Cl)s2)=N1. The van der Waals surface area contributed by atoms with Gasteiger partial charge in [0.1, 0.15) is 0 Å². The van der Waals surface area contributed by atoms with Crippen LogP contribution in [0.5, 0.6) is 0 Å². The zero-order chi connectivity index (χ0) is 13.4. The van der Waals surface area contributed by atoms with Crippen molar-refractivity contribution >= 4 is 34.6 Å². The van der Waals surface area contributed by atoms with Gasteiger partial charge in [-0.25, -0.2) is 9.99 Å². The van der Waals surface area contributed by atoms with E-state index in [2.05, 4.69) is 15.1 Å². The number of hydrogen-bond donors (Lipinski definition) is 1. The van der Waals surface area contributed by atoms with Gasteiger partial charge >= 0.3 is 0 Å². The van der Waals surface area contributed by atoms with Crippen LogP contribution in [0.4, 0.5) is 0 Å². The third-order valence-electron chi connectivity index (χ3n) is 3.00. The Balaban J connectivity index is 2.00. The summed E-state index contributed by atoms with van der Waals surface area (Å²) in [6, 6.07) is 3.77. The number of imidazole rings is 1. The van der Waals surface area contributed by atoms with Gasteiger partial charge in [-0.1, -0.05) is 11.6 Å². The summed E-state index contributed by atoms with van der Waals surface area (Å²) < 4.78 is 0.710. The van der Waals surface area contributed by atoms with Crippen molar-refractivity contribution in [1.82, 2.24) is 15.0 Å². The topological polar surface area (TPSA) is 61.4 Å². The first-order valence-corrected chi connectivity index (χ1v) is 6.95. The Hall–Kier alpha value is -1.66. The highest BCUT2D eigenvalue weighted by Crippen LogP contribution is 2.32. The molecular weight excluding hydrogens is 284 g/mol. The van der Waals surface area contributed by atoms with Gasteiger partial charge < -0.3 is 4.98 Å². The van der Waals surface area contributed by atoms with E-state index in [0.29, 0.717) is 10.9 Å². The van der Waals surface area contributed by atoms with Crippen LogP contribution in [0.1, 0.15) is 23.4 Å². The minimum Gasteiger partial charge on any atom is -0.348 e. The number of carbonyl (C=O) groups is 1. The second-order valence-corrected chi connectivity index (χ2v) is 5.96. The van der Waals surface area contributed by atoms with Crippen LogP contribution in [-0.2, 0) is 4.79 Å². The Morgan fingerprint density at radius 2 is 2.42 bits per heavy atom. The molecule has 98 valence electrons. The number of aromatic amines is 1. The maximum atomic E-state index is 11.5. The molecule has 2 aromatic rings. The predicted octanol–water partition coefficient (Wildman–Crippen LogP) is 2.47. The summed E-state index contributed by atoms with van der Waals surface area (Å²) >= 11 is 7.44. The number of rotatable bonds is 2. The van der Waals surface area contributed by atoms with Gasteiger partial charge in [0.2, 0.25) is 5.91 Å².